The molecule has 0 bridgehead atoms. The predicted molar refractivity (Wildman–Crippen MR) is 99.6 cm³/mol. The Morgan fingerprint density at radius 1 is 1.31 bits per heavy atom. The van der Waals surface area contributed by atoms with Crippen LogP contribution in [0.4, 0.5) is 16.2 Å². The maximum atomic E-state index is 12.8. The molecular formula is C18H14Cl2N2O4. The van der Waals surface area contributed by atoms with Gasteiger partial charge in [0.25, 0.3) is 0 Å². The van der Waals surface area contributed by atoms with Crippen molar-refractivity contribution in [1.82, 2.24) is 0 Å². The number of rotatable bonds is 3. The molecular weight excluding hydrogens is 379 g/mol. The van der Waals surface area contributed by atoms with Gasteiger partial charge in [0.1, 0.15) is 12.2 Å². The molecule has 1 aliphatic heterocycles. The van der Waals surface area contributed by atoms with Gasteiger partial charge in [-0.1, -0.05) is 29.3 Å². The first-order valence-corrected chi connectivity index (χ1v) is 8.74. The van der Waals surface area contributed by atoms with Crippen molar-refractivity contribution < 1.29 is 18.7 Å². The Kier molecular flexibility index (Phi) is 4.17. The number of ether oxygens (including phenoxy) is 1. The quantitative estimate of drug-likeness (QED) is 0.781. The molecule has 8 heteroatoms. The Morgan fingerprint density at radius 3 is 2.81 bits per heavy atom. The van der Waals surface area contributed by atoms with E-state index in [2.05, 4.69) is 0 Å². The highest BCUT2D eigenvalue weighted by Gasteiger charge is 2.30. The highest BCUT2D eigenvalue weighted by molar-refractivity contribution is 6.36. The van der Waals surface area contributed by atoms with Crippen molar-refractivity contribution in [3.8, 4) is 0 Å². The molecule has 0 radical (unpaired) electrons. The number of ketones is 1. The smallest absolute Gasteiger partial charge is 0.414 e. The molecule has 1 aromatic carbocycles. The molecule has 1 amide bonds. The number of anilines is 2. The molecule has 2 aliphatic rings. The molecule has 1 atom stereocenters. The van der Waals surface area contributed by atoms with Crippen molar-refractivity contribution in [2.24, 2.45) is 5.92 Å². The summed E-state index contributed by atoms with van der Waals surface area (Å²) in [6.07, 6.45) is 3.24. The minimum absolute atomic E-state index is 0.0594. The first kappa shape index (κ1) is 17.0. The van der Waals surface area contributed by atoms with E-state index in [1.807, 2.05) is 0 Å². The lowest BCUT2D eigenvalue weighted by molar-refractivity contribution is 0.0918. The van der Waals surface area contributed by atoms with Gasteiger partial charge in [-0.15, -0.1) is 0 Å². The standard InChI is InChI=1S/C18H14Cl2N2O4/c19-9-1-3-11(13(20)7-9)16(23)17-15(21)12-4-2-10(8-14(12)26-17)22-5-6-25-18(22)24/h1-2,4,7-8,11H,3,5-6,21H2. The lowest BCUT2D eigenvalue weighted by Crippen LogP contribution is -2.23. The summed E-state index contributed by atoms with van der Waals surface area (Å²) >= 11 is 12.1. The first-order chi connectivity index (χ1) is 12.5. The summed E-state index contributed by atoms with van der Waals surface area (Å²) in [5, 5.41) is 1.45. The summed E-state index contributed by atoms with van der Waals surface area (Å²) in [6.45, 7) is 0.797. The fourth-order valence-electron chi connectivity index (χ4n) is 3.11. The second kappa shape index (κ2) is 6.37. The Hall–Kier alpha value is -2.44. The van der Waals surface area contributed by atoms with Gasteiger partial charge in [-0.3, -0.25) is 9.69 Å². The minimum Gasteiger partial charge on any atom is -0.451 e. The van der Waals surface area contributed by atoms with E-state index >= 15 is 0 Å². The van der Waals surface area contributed by atoms with Crippen molar-refractivity contribution in [3.63, 3.8) is 0 Å². The second-order valence-electron chi connectivity index (χ2n) is 6.06. The van der Waals surface area contributed by atoms with Crippen molar-refractivity contribution in [2.75, 3.05) is 23.8 Å². The fourth-order valence-corrected chi connectivity index (χ4v) is 3.68. The van der Waals surface area contributed by atoms with Gasteiger partial charge in [-0.2, -0.15) is 0 Å². The van der Waals surface area contributed by atoms with Crippen molar-refractivity contribution in [3.05, 3.63) is 46.2 Å². The van der Waals surface area contributed by atoms with E-state index in [9.17, 15) is 9.59 Å². The molecule has 1 unspecified atom stereocenters. The van der Waals surface area contributed by atoms with Crippen LogP contribution in [0.3, 0.4) is 0 Å². The zero-order valence-corrected chi connectivity index (χ0v) is 15.0. The molecule has 134 valence electrons. The average Bonchev–Trinajstić information content (AvgIpc) is 3.17. The van der Waals surface area contributed by atoms with Crippen LogP contribution in [0.25, 0.3) is 11.0 Å². The number of Topliss-reactive ketones (excluding diaryl/α,β-unsaturated/α-hetero) is 1. The molecule has 6 nitrogen and oxygen atoms in total. The summed E-state index contributed by atoms with van der Waals surface area (Å²) in [5.74, 6) is -0.818. The van der Waals surface area contributed by atoms with Crippen molar-refractivity contribution >= 4 is 57.4 Å². The van der Waals surface area contributed by atoms with E-state index < -0.39 is 12.0 Å². The molecule has 1 aromatic heterocycles. The Balaban J connectivity index is 1.70. The third-order valence-electron chi connectivity index (χ3n) is 4.48. The number of nitrogens with two attached hydrogens (primary N) is 1. The molecule has 0 saturated carbocycles. The number of carbonyl (C=O) groups is 2. The zero-order valence-electron chi connectivity index (χ0n) is 13.5. The van der Waals surface area contributed by atoms with Gasteiger partial charge in [-0.25, -0.2) is 4.79 Å². The number of fused-ring (bicyclic) bond motifs is 1. The lowest BCUT2D eigenvalue weighted by Gasteiger charge is -2.15. The molecule has 1 fully saturated rings. The van der Waals surface area contributed by atoms with E-state index in [0.717, 1.165) is 0 Å². The number of nitrogens with zero attached hydrogens (tertiary/aromatic N) is 1. The Bertz CT molecular complexity index is 992. The van der Waals surface area contributed by atoms with Gasteiger partial charge in [0.2, 0.25) is 5.78 Å². The molecule has 0 spiro atoms. The molecule has 26 heavy (non-hydrogen) atoms. The number of cyclic esters (lactones) is 1. The summed E-state index contributed by atoms with van der Waals surface area (Å²) in [6, 6.07) is 5.14. The van der Waals surface area contributed by atoms with Crippen LogP contribution in [0, 0.1) is 5.92 Å². The normalized spacial score (nSPS) is 20.2. The highest BCUT2D eigenvalue weighted by atomic mass is 35.5. The Morgan fingerprint density at radius 2 is 2.12 bits per heavy atom. The summed E-state index contributed by atoms with van der Waals surface area (Å²) in [5.41, 5.74) is 7.43. The van der Waals surface area contributed by atoms with Crippen LogP contribution < -0.4 is 10.6 Å². The van der Waals surface area contributed by atoms with Gasteiger partial charge in [0.05, 0.1) is 23.8 Å². The SMILES string of the molecule is Nc1c(C(=O)C2CC=C(Cl)C=C2Cl)oc2cc(N3CCOC3=O)ccc12. The number of carbonyl (C=O) groups excluding carboxylic acids is 2. The third-order valence-corrected chi connectivity index (χ3v) is 5.12. The number of amides is 1. The van der Waals surface area contributed by atoms with Gasteiger partial charge in [-0.05, 0) is 24.6 Å². The summed E-state index contributed by atoms with van der Waals surface area (Å²) < 4.78 is 10.7. The molecule has 2 heterocycles. The molecule has 1 aliphatic carbocycles. The Labute approximate surface area is 158 Å². The van der Waals surface area contributed by atoms with Crippen LogP contribution in [-0.4, -0.2) is 25.0 Å². The van der Waals surface area contributed by atoms with Crippen LogP contribution in [0.1, 0.15) is 17.0 Å². The summed E-state index contributed by atoms with van der Waals surface area (Å²) in [4.78, 5) is 26.1. The van der Waals surface area contributed by atoms with Crippen LogP contribution in [0.15, 0.2) is 44.8 Å². The number of hydrogen-bond acceptors (Lipinski definition) is 5. The monoisotopic (exact) mass is 392 g/mol. The largest absolute Gasteiger partial charge is 0.451 e. The highest BCUT2D eigenvalue weighted by Crippen LogP contribution is 2.37. The fraction of sp³-hybridized carbons (Fsp3) is 0.222. The van der Waals surface area contributed by atoms with Gasteiger partial charge in [0.15, 0.2) is 5.76 Å². The average molecular weight is 393 g/mol. The second-order valence-corrected chi connectivity index (χ2v) is 6.93. The number of benzene rings is 1. The van der Waals surface area contributed by atoms with Gasteiger partial charge < -0.3 is 14.9 Å². The van der Waals surface area contributed by atoms with Crippen LogP contribution in [0.5, 0.6) is 0 Å². The van der Waals surface area contributed by atoms with Gasteiger partial charge >= 0.3 is 6.09 Å². The summed E-state index contributed by atoms with van der Waals surface area (Å²) in [7, 11) is 0. The van der Waals surface area contributed by atoms with E-state index in [-0.39, 0.29) is 17.2 Å². The number of halogens is 2. The molecule has 2 N–H and O–H groups in total. The number of allylic oxidation sites excluding steroid dienone is 4. The first-order valence-electron chi connectivity index (χ1n) is 7.99. The van der Waals surface area contributed by atoms with Gasteiger partial charge in [0, 0.05) is 21.5 Å². The topological polar surface area (TPSA) is 85.8 Å². The van der Waals surface area contributed by atoms with Crippen molar-refractivity contribution in [1.29, 1.82) is 0 Å². The zero-order chi connectivity index (χ0) is 18.4. The van der Waals surface area contributed by atoms with E-state index in [1.54, 1.807) is 30.4 Å². The van der Waals surface area contributed by atoms with Crippen LogP contribution in [-0.2, 0) is 4.74 Å². The molecule has 4 rings (SSSR count). The van der Waals surface area contributed by atoms with E-state index in [0.29, 0.717) is 46.3 Å². The van der Waals surface area contributed by atoms with Crippen molar-refractivity contribution in [2.45, 2.75) is 6.42 Å². The number of nitrogen functional groups attached to an aromatic ring is 1. The third kappa shape index (κ3) is 2.75. The lowest BCUT2D eigenvalue weighted by atomic mass is 9.93. The number of hydrogen-bond donors (Lipinski definition) is 1. The minimum atomic E-state index is -0.574. The van der Waals surface area contributed by atoms with Crippen LogP contribution >= 0.6 is 23.2 Å². The molecule has 2 aromatic rings. The predicted octanol–water partition coefficient (Wildman–Crippen LogP) is 4.42. The maximum absolute atomic E-state index is 12.8. The molecule has 1 saturated heterocycles. The van der Waals surface area contributed by atoms with Crippen LogP contribution in [0.2, 0.25) is 0 Å². The van der Waals surface area contributed by atoms with E-state index in [4.69, 9.17) is 38.1 Å². The number of furan rings is 1. The maximum Gasteiger partial charge on any atom is 0.414 e. The van der Waals surface area contributed by atoms with E-state index in [1.165, 1.54) is 4.90 Å².